The van der Waals surface area contributed by atoms with E-state index in [4.69, 9.17) is 45.3 Å². The molecule has 0 saturated heterocycles. The summed E-state index contributed by atoms with van der Waals surface area (Å²) in [7, 11) is 0. The van der Waals surface area contributed by atoms with E-state index in [1.54, 1.807) is 12.1 Å². The van der Waals surface area contributed by atoms with Crippen LogP contribution in [0.25, 0.3) is 0 Å². The number of nitrogens with zero attached hydrogens (tertiary/aromatic N) is 1. The lowest BCUT2D eigenvalue weighted by molar-refractivity contribution is -0.113. The molecule has 7 heteroatoms. The maximum absolute atomic E-state index is 11.9. The number of fused-ring (bicyclic) bond motifs is 1. The van der Waals surface area contributed by atoms with Crippen molar-refractivity contribution in [2.75, 3.05) is 12.3 Å². The summed E-state index contributed by atoms with van der Waals surface area (Å²) in [5.41, 5.74) is 9.38. The Morgan fingerprint density at radius 3 is 2.40 bits per heavy atom. The first-order valence-corrected chi connectivity index (χ1v) is 10.6. The number of aldehydes is 1. The van der Waals surface area contributed by atoms with E-state index in [1.165, 1.54) is 0 Å². The largest absolute Gasteiger partial charge is 0.454 e. The molecule has 0 spiro atoms. The van der Waals surface area contributed by atoms with Crippen molar-refractivity contribution in [3.8, 4) is 11.5 Å². The highest BCUT2D eigenvalue weighted by Crippen LogP contribution is 2.39. The molecule has 0 amide bonds. The second-order valence-corrected chi connectivity index (χ2v) is 8.46. The van der Waals surface area contributed by atoms with Crippen LogP contribution in [0.15, 0.2) is 54.6 Å². The fourth-order valence-electron chi connectivity index (χ4n) is 3.71. The summed E-state index contributed by atoms with van der Waals surface area (Å²) in [4.78, 5) is 14.1. The number of hydrogen-bond acceptors (Lipinski definition) is 4. The van der Waals surface area contributed by atoms with Crippen LogP contribution in [0.5, 0.6) is 11.5 Å². The van der Waals surface area contributed by atoms with E-state index in [0.717, 1.165) is 35.9 Å². The molecule has 0 bridgehead atoms. The van der Waals surface area contributed by atoms with Gasteiger partial charge in [-0.05, 0) is 59.5 Å². The van der Waals surface area contributed by atoms with Crippen molar-refractivity contribution in [2.45, 2.75) is 19.0 Å². The van der Waals surface area contributed by atoms with Gasteiger partial charge in [0.15, 0.2) is 5.75 Å². The number of carbonyl (C=O) groups excluding carboxylic acids is 1. The summed E-state index contributed by atoms with van der Waals surface area (Å²) in [6.07, 6.45) is 1.79. The Morgan fingerprint density at radius 1 is 1.03 bits per heavy atom. The monoisotopic (exact) mass is 460 g/mol. The third kappa shape index (κ3) is 4.42. The van der Waals surface area contributed by atoms with Crippen molar-refractivity contribution >= 4 is 46.8 Å². The Labute approximate surface area is 190 Å². The van der Waals surface area contributed by atoms with Crippen LogP contribution in [0.3, 0.4) is 0 Å². The summed E-state index contributed by atoms with van der Waals surface area (Å²) in [6.45, 7) is 1.43. The van der Waals surface area contributed by atoms with Crippen molar-refractivity contribution < 1.29 is 9.53 Å². The molecule has 0 saturated carbocycles. The van der Waals surface area contributed by atoms with Gasteiger partial charge in [0.05, 0.1) is 16.1 Å². The highest BCUT2D eigenvalue weighted by atomic mass is 35.5. The van der Waals surface area contributed by atoms with Crippen LogP contribution in [0.4, 0.5) is 5.69 Å². The Morgan fingerprint density at radius 2 is 1.73 bits per heavy atom. The van der Waals surface area contributed by atoms with Gasteiger partial charge in [-0.3, -0.25) is 4.90 Å². The lowest BCUT2D eigenvalue weighted by Crippen LogP contribution is -2.35. The maximum Gasteiger partial charge on any atom is 0.164 e. The number of hydrogen-bond donors (Lipinski definition) is 1. The van der Waals surface area contributed by atoms with Gasteiger partial charge in [0.2, 0.25) is 0 Å². The molecule has 1 atom stereocenters. The number of halogens is 3. The molecule has 1 unspecified atom stereocenters. The molecule has 0 fully saturated rings. The molecule has 1 heterocycles. The van der Waals surface area contributed by atoms with Crippen LogP contribution in [-0.2, 0) is 17.8 Å². The minimum absolute atomic E-state index is 0.317. The molecule has 1 aliphatic rings. The predicted octanol–water partition coefficient (Wildman–Crippen LogP) is 6.32. The van der Waals surface area contributed by atoms with Crippen molar-refractivity contribution in [3.05, 3.63) is 86.4 Å². The zero-order chi connectivity index (χ0) is 21.3. The molecule has 30 heavy (non-hydrogen) atoms. The van der Waals surface area contributed by atoms with Crippen molar-refractivity contribution in [1.82, 2.24) is 4.90 Å². The van der Waals surface area contributed by atoms with Crippen LogP contribution in [0.1, 0.15) is 22.7 Å². The maximum atomic E-state index is 11.9. The summed E-state index contributed by atoms with van der Waals surface area (Å²) in [5.74, 6) is 0.970. The summed E-state index contributed by atoms with van der Waals surface area (Å²) in [6, 6.07) is 16.3. The minimum atomic E-state index is -0.317. The second-order valence-electron chi connectivity index (χ2n) is 7.20. The normalized spacial score (nSPS) is 16.2. The molecule has 4 rings (SSSR count). The number of ether oxygens (including phenoxy) is 1. The molecule has 3 aromatic carbocycles. The van der Waals surface area contributed by atoms with Gasteiger partial charge in [-0.1, -0.05) is 53.0 Å². The van der Waals surface area contributed by atoms with Crippen molar-refractivity contribution in [1.29, 1.82) is 0 Å². The zero-order valence-electron chi connectivity index (χ0n) is 15.9. The molecule has 2 N–H and O–H groups in total. The van der Waals surface area contributed by atoms with E-state index in [-0.39, 0.29) is 6.04 Å². The number of benzene rings is 3. The smallest absolute Gasteiger partial charge is 0.164 e. The average Bonchev–Trinajstić information content (AvgIpc) is 2.72. The van der Waals surface area contributed by atoms with E-state index < -0.39 is 0 Å². The first-order valence-electron chi connectivity index (χ1n) is 9.43. The zero-order valence-corrected chi connectivity index (χ0v) is 18.2. The van der Waals surface area contributed by atoms with Crippen LogP contribution < -0.4 is 10.5 Å². The fourth-order valence-corrected chi connectivity index (χ4v) is 4.41. The van der Waals surface area contributed by atoms with E-state index in [1.807, 2.05) is 42.5 Å². The van der Waals surface area contributed by atoms with E-state index in [0.29, 0.717) is 38.8 Å². The lowest BCUT2D eigenvalue weighted by Gasteiger charge is -2.34. The first-order chi connectivity index (χ1) is 14.4. The van der Waals surface area contributed by atoms with Gasteiger partial charge in [0.1, 0.15) is 12.0 Å². The third-order valence-electron chi connectivity index (χ3n) is 5.16. The van der Waals surface area contributed by atoms with Gasteiger partial charge in [0, 0.05) is 23.8 Å². The Balaban J connectivity index is 1.56. The van der Waals surface area contributed by atoms with E-state index in [2.05, 4.69) is 4.90 Å². The number of carbonyl (C=O) groups is 1. The van der Waals surface area contributed by atoms with Gasteiger partial charge in [0.25, 0.3) is 0 Å². The highest BCUT2D eigenvalue weighted by Gasteiger charge is 2.27. The summed E-state index contributed by atoms with van der Waals surface area (Å²) in [5, 5.41) is 1.39. The Hall–Kier alpha value is -2.24. The highest BCUT2D eigenvalue weighted by molar-refractivity contribution is 6.37. The third-order valence-corrected chi connectivity index (χ3v) is 5.98. The second kappa shape index (κ2) is 8.86. The van der Waals surface area contributed by atoms with Crippen LogP contribution in [0.2, 0.25) is 15.1 Å². The predicted molar refractivity (Wildman–Crippen MR) is 122 cm³/mol. The quantitative estimate of drug-likeness (QED) is 0.357. The molecular weight excluding hydrogens is 443 g/mol. The molecule has 3 aromatic rings. The molecule has 4 nitrogen and oxygen atoms in total. The first kappa shape index (κ1) is 21.0. The number of nitrogen functional groups attached to an aromatic ring is 1. The average molecular weight is 462 g/mol. The minimum Gasteiger partial charge on any atom is -0.454 e. The molecule has 1 aliphatic heterocycles. The Bertz CT molecular complexity index is 1060. The van der Waals surface area contributed by atoms with Crippen molar-refractivity contribution in [2.24, 2.45) is 0 Å². The SMILES string of the molecule is Nc1cc(Cl)c(Oc2ccc3c(c2)CCN(Cc2ccc(Cl)cc2)C3C=O)c(Cl)c1. The standard InChI is InChI=1S/C23H19Cl3N2O2/c24-16-3-1-14(2-4-16)12-28-8-7-15-9-18(5-6-19(15)22(28)13-29)30-23-20(25)10-17(27)11-21(23)26/h1-6,9-11,13,22H,7-8,12,27H2. The number of anilines is 1. The topological polar surface area (TPSA) is 55.6 Å². The van der Waals surface area contributed by atoms with Gasteiger partial charge in [-0.2, -0.15) is 0 Å². The van der Waals surface area contributed by atoms with Gasteiger partial charge >= 0.3 is 0 Å². The van der Waals surface area contributed by atoms with E-state index in [9.17, 15) is 4.79 Å². The van der Waals surface area contributed by atoms with Crippen LogP contribution in [-0.4, -0.2) is 17.7 Å². The molecule has 0 aromatic heterocycles. The van der Waals surface area contributed by atoms with E-state index >= 15 is 0 Å². The fraction of sp³-hybridized carbons (Fsp3) is 0.174. The number of nitrogens with two attached hydrogens (primary N) is 1. The Kier molecular flexibility index (Phi) is 6.21. The molecular formula is C23H19Cl3N2O2. The lowest BCUT2D eigenvalue weighted by atomic mass is 9.92. The van der Waals surface area contributed by atoms with Crippen LogP contribution in [0, 0.1) is 0 Å². The summed E-state index contributed by atoms with van der Waals surface area (Å²) < 4.78 is 5.93. The molecule has 0 aliphatic carbocycles. The number of rotatable bonds is 5. The molecule has 154 valence electrons. The van der Waals surface area contributed by atoms with Gasteiger partial charge in [-0.25, -0.2) is 0 Å². The molecule has 0 radical (unpaired) electrons. The van der Waals surface area contributed by atoms with Gasteiger partial charge in [-0.15, -0.1) is 0 Å². The van der Waals surface area contributed by atoms with Crippen LogP contribution >= 0.6 is 34.8 Å². The van der Waals surface area contributed by atoms with Crippen molar-refractivity contribution in [3.63, 3.8) is 0 Å². The van der Waals surface area contributed by atoms with Gasteiger partial charge < -0.3 is 15.3 Å². The summed E-state index contributed by atoms with van der Waals surface area (Å²) >= 11 is 18.4.